The molecule has 0 N–H and O–H groups in total. The molecule has 8 nitrogen and oxygen atoms in total. The first-order valence-corrected chi connectivity index (χ1v) is 10.4. The average Bonchev–Trinajstić information content (AvgIpc) is 3.16. The molecule has 2 heterocycles. The summed E-state index contributed by atoms with van der Waals surface area (Å²) in [6.45, 7) is 6.71. The number of rotatable bonds is 6. The molecule has 150 valence electrons. The van der Waals surface area contributed by atoms with Crippen LogP contribution in [-0.4, -0.2) is 61.9 Å². The summed E-state index contributed by atoms with van der Waals surface area (Å²) in [4.78, 5) is 26.6. The summed E-state index contributed by atoms with van der Waals surface area (Å²) in [5.74, 6) is -0.250. The Bertz CT molecular complexity index is 854. The van der Waals surface area contributed by atoms with Crippen molar-refractivity contribution in [3.63, 3.8) is 0 Å². The summed E-state index contributed by atoms with van der Waals surface area (Å²) >= 11 is 1.28. The second kappa shape index (κ2) is 9.18. The second-order valence-corrected chi connectivity index (χ2v) is 7.67. The number of thioether (sulfide) groups is 1. The highest BCUT2D eigenvalue weighted by molar-refractivity contribution is 7.99. The lowest BCUT2D eigenvalue weighted by Crippen LogP contribution is -2.49. The van der Waals surface area contributed by atoms with Crippen LogP contribution in [0.2, 0.25) is 0 Å². The first kappa shape index (κ1) is 20.3. The second-order valence-electron chi connectivity index (χ2n) is 6.73. The molecule has 1 aromatic carbocycles. The highest BCUT2D eigenvalue weighted by Gasteiger charge is 2.33. The van der Waals surface area contributed by atoms with E-state index >= 15 is 0 Å². The lowest BCUT2D eigenvalue weighted by Gasteiger charge is -2.33. The van der Waals surface area contributed by atoms with Crippen LogP contribution in [0.4, 0.5) is 0 Å². The van der Waals surface area contributed by atoms with Gasteiger partial charge in [-0.3, -0.25) is 4.79 Å². The van der Waals surface area contributed by atoms with Crippen LogP contribution in [0.15, 0.2) is 23.4 Å². The van der Waals surface area contributed by atoms with Gasteiger partial charge in [0.1, 0.15) is 6.04 Å². The van der Waals surface area contributed by atoms with Crippen molar-refractivity contribution in [3.8, 4) is 5.69 Å². The van der Waals surface area contributed by atoms with Gasteiger partial charge in [0.2, 0.25) is 11.1 Å². The zero-order valence-corrected chi connectivity index (χ0v) is 17.2. The third kappa shape index (κ3) is 4.35. The van der Waals surface area contributed by atoms with Crippen LogP contribution in [0.5, 0.6) is 0 Å². The van der Waals surface area contributed by atoms with E-state index in [-0.39, 0.29) is 17.6 Å². The van der Waals surface area contributed by atoms with Crippen molar-refractivity contribution in [2.75, 3.05) is 18.9 Å². The van der Waals surface area contributed by atoms with Crippen molar-refractivity contribution in [2.45, 2.75) is 51.2 Å². The standard InChI is InChI=1S/C19H25N5O3S/c1-4-27-18(26)16-9-5-6-11-23(16)17(25)12-28-19-20-21-22-24(19)15-10-7-8-13(2)14(15)3/h7-8,10,16H,4-6,9,11-12H2,1-3H3/t16-/m0/s1. The van der Waals surface area contributed by atoms with E-state index in [1.54, 1.807) is 16.5 Å². The number of aryl methyl sites for hydroxylation is 1. The number of ether oxygens (including phenoxy) is 1. The predicted octanol–water partition coefficient (Wildman–Crippen LogP) is 2.32. The molecule has 1 fully saturated rings. The van der Waals surface area contributed by atoms with Gasteiger partial charge in [0.25, 0.3) is 0 Å². The first-order chi connectivity index (χ1) is 13.5. The van der Waals surface area contributed by atoms with Gasteiger partial charge in [-0.05, 0) is 67.7 Å². The molecule has 1 saturated heterocycles. The molecule has 0 aliphatic carbocycles. The molecule has 1 amide bonds. The predicted molar refractivity (Wildman–Crippen MR) is 105 cm³/mol. The zero-order chi connectivity index (χ0) is 20.1. The number of hydrogen-bond acceptors (Lipinski definition) is 7. The van der Waals surface area contributed by atoms with E-state index in [0.29, 0.717) is 24.7 Å². The SMILES string of the molecule is CCOC(=O)[C@@H]1CCCCN1C(=O)CSc1nnnn1-c1cccc(C)c1C. The molecular weight excluding hydrogens is 378 g/mol. The summed E-state index contributed by atoms with van der Waals surface area (Å²) in [7, 11) is 0. The van der Waals surface area contributed by atoms with Gasteiger partial charge in [0.05, 0.1) is 18.0 Å². The van der Waals surface area contributed by atoms with Crippen molar-refractivity contribution >= 4 is 23.6 Å². The fourth-order valence-corrected chi connectivity index (χ4v) is 4.08. The van der Waals surface area contributed by atoms with Crippen molar-refractivity contribution in [2.24, 2.45) is 0 Å². The number of carbonyl (C=O) groups is 2. The Labute approximate surface area is 168 Å². The minimum absolute atomic E-state index is 0.0988. The van der Waals surface area contributed by atoms with Crippen molar-refractivity contribution in [3.05, 3.63) is 29.3 Å². The van der Waals surface area contributed by atoms with Crippen LogP contribution in [0, 0.1) is 13.8 Å². The van der Waals surface area contributed by atoms with Crippen molar-refractivity contribution in [1.82, 2.24) is 25.1 Å². The minimum Gasteiger partial charge on any atom is -0.464 e. The third-order valence-corrected chi connectivity index (χ3v) is 5.86. The van der Waals surface area contributed by atoms with E-state index in [1.807, 2.05) is 32.0 Å². The van der Waals surface area contributed by atoms with Crippen LogP contribution in [-0.2, 0) is 14.3 Å². The number of benzene rings is 1. The molecular formula is C19H25N5O3S. The van der Waals surface area contributed by atoms with Gasteiger partial charge in [-0.25, -0.2) is 4.79 Å². The maximum atomic E-state index is 12.8. The molecule has 0 saturated carbocycles. The number of likely N-dealkylation sites (tertiary alicyclic amines) is 1. The van der Waals surface area contributed by atoms with Crippen LogP contribution in [0.3, 0.4) is 0 Å². The molecule has 28 heavy (non-hydrogen) atoms. The Kier molecular flexibility index (Phi) is 6.66. The Hall–Kier alpha value is -2.42. The highest BCUT2D eigenvalue weighted by Crippen LogP contribution is 2.24. The number of piperidine rings is 1. The Balaban J connectivity index is 1.71. The number of nitrogens with zero attached hydrogens (tertiary/aromatic N) is 5. The summed E-state index contributed by atoms with van der Waals surface area (Å²) in [6.07, 6.45) is 2.47. The number of tetrazole rings is 1. The first-order valence-electron chi connectivity index (χ1n) is 9.46. The maximum absolute atomic E-state index is 12.8. The quantitative estimate of drug-likeness (QED) is 0.540. The number of esters is 1. The fourth-order valence-electron chi connectivity index (χ4n) is 3.31. The van der Waals surface area contributed by atoms with Crippen LogP contribution < -0.4 is 0 Å². The molecule has 1 aliphatic heterocycles. The molecule has 0 spiro atoms. The lowest BCUT2D eigenvalue weighted by molar-refractivity contribution is -0.155. The third-order valence-electron chi connectivity index (χ3n) is 4.95. The highest BCUT2D eigenvalue weighted by atomic mass is 32.2. The molecule has 3 rings (SSSR count). The van der Waals surface area contributed by atoms with Gasteiger partial charge in [0, 0.05) is 6.54 Å². The van der Waals surface area contributed by atoms with E-state index in [4.69, 9.17) is 4.74 Å². The smallest absolute Gasteiger partial charge is 0.328 e. The van der Waals surface area contributed by atoms with Crippen molar-refractivity contribution < 1.29 is 14.3 Å². The Morgan fingerprint density at radius 2 is 2.11 bits per heavy atom. The van der Waals surface area contributed by atoms with E-state index in [1.165, 1.54) is 11.8 Å². The van der Waals surface area contributed by atoms with Crippen LogP contribution in [0.25, 0.3) is 5.69 Å². The molecule has 1 aromatic heterocycles. The number of amides is 1. The van der Waals surface area contributed by atoms with E-state index in [9.17, 15) is 9.59 Å². The molecule has 9 heteroatoms. The maximum Gasteiger partial charge on any atom is 0.328 e. The van der Waals surface area contributed by atoms with E-state index < -0.39 is 6.04 Å². The molecule has 0 unspecified atom stereocenters. The van der Waals surface area contributed by atoms with Crippen molar-refractivity contribution in [1.29, 1.82) is 0 Å². The van der Waals surface area contributed by atoms with E-state index in [2.05, 4.69) is 15.5 Å². The molecule has 0 bridgehead atoms. The lowest BCUT2D eigenvalue weighted by atomic mass is 10.0. The fraction of sp³-hybridized carbons (Fsp3) is 0.526. The number of carbonyl (C=O) groups excluding carboxylic acids is 2. The zero-order valence-electron chi connectivity index (χ0n) is 16.4. The van der Waals surface area contributed by atoms with Gasteiger partial charge in [-0.2, -0.15) is 4.68 Å². The molecule has 0 radical (unpaired) electrons. The summed E-state index contributed by atoms with van der Waals surface area (Å²) in [5.41, 5.74) is 3.12. The number of aromatic nitrogens is 4. The molecule has 1 aliphatic rings. The largest absolute Gasteiger partial charge is 0.464 e. The van der Waals surface area contributed by atoms with E-state index in [0.717, 1.165) is 29.7 Å². The Morgan fingerprint density at radius 3 is 2.89 bits per heavy atom. The van der Waals surface area contributed by atoms with Crippen LogP contribution >= 0.6 is 11.8 Å². The normalized spacial score (nSPS) is 16.8. The van der Waals surface area contributed by atoms with Gasteiger partial charge in [-0.1, -0.05) is 23.9 Å². The topological polar surface area (TPSA) is 90.2 Å². The van der Waals surface area contributed by atoms with Crippen LogP contribution in [0.1, 0.15) is 37.3 Å². The summed E-state index contributed by atoms with van der Waals surface area (Å²) in [5, 5.41) is 12.5. The summed E-state index contributed by atoms with van der Waals surface area (Å²) in [6, 6.07) is 5.45. The summed E-state index contributed by atoms with van der Waals surface area (Å²) < 4.78 is 6.79. The monoisotopic (exact) mass is 403 g/mol. The minimum atomic E-state index is -0.489. The van der Waals surface area contributed by atoms with Gasteiger partial charge in [-0.15, -0.1) is 5.10 Å². The molecule has 1 atom stereocenters. The number of hydrogen-bond donors (Lipinski definition) is 0. The van der Waals surface area contributed by atoms with Gasteiger partial charge < -0.3 is 9.64 Å². The average molecular weight is 404 g/mol. The molecule has 2 aromatic rings. The Morgan fingerprint density at radius 1 is 1.29 bits per heavy atom. The van der Waals surface area contributed by atoms with Gasteiger partial charge in [0.15, 0.2) is 0 Å². The van der Waals surface area contributed by atoms with Gasteiger partial charge >= 0.3 is 5.97 Å².